The van der Waals surface area contributed by atoms with Crippen molar-refractivity contribution in [3.63, 3.8) is 0 Å². The maximum atomic E-state index is 15.0. The standard InChI is InChI=1S/C56H80FN9O13/c1-12-42-56(8)49-30(3)44(59-18-20-65(49)54(70)79-56)36-22-41(73-28-36)47(31(4)46(32(5)51(69)76-42)77-43-23-55(7,72-11)50(68)33(6)75-43)78-52-45(67)39(21-29(2)74-52)64(9)19-17-38-27-66(63-62-38)40(24-57)48(71-10)35-15-13-34(14-16-35)37-25-60-53(58)61-26-37/h13-16,25-27,29-33,36,39-40,42-43,45-46,48-50,52,67-68H,12,17-24,28H2,1-11H3,(H2,58,60,61)/t29-,30+,31+,32-,33+,36+,39+,40-,42-,43+,45-,46+,48-,49-,50+,52+,55-,56-/m1/s1. The highest BCUT2D eigenvalue weighted by atomic mass is 19.1. The molecule has 1 amide bonds. The smallest absolute Gasteiger partial charge is 0.410 e. The first-order chi connectivity index (χ1) is 37.7. The van der Waals surface area contributed by atoms with Gasteiger partial charge in [-0.1, -0.05) is 50.3 Å². The summed E-state index contributed by atoms with van der Waals surface area (Å²) in [5.74, 6) is -1.88. The van der Waals surface area contributed by atoms with Crippen molar-refractivity contribution in [2.45, 2.75) is 172 Å². The number of likely N-dealkylation sites (N-methyl/N-ethyl adjacent to an activating group) is 1. The van der Waals surface area contributed by atoms with E-state index in [0.29, 0.717) is 62.5 Å². The number of aliphatic hydroxyl groups excluding tert-OH is 2. The number of amides is 1. The summed E-state index contributed by atoms with van der Waals surface area (Å²) < 4.78 is 74.3. The van der Waals surface area contributed by atoms with Crippen molar-refractivity contribution >= 4 is 23.7 Å². The first kappa shape index (κ1) is 58.3. The van der Waals surface area contributed by atoms with Gasteiger partial charge in [0.25, 0.3) is 0 Å². The number of rotatable bonds is 16. The van der Waals surface area contributed by atoms with Crippen LogP contribution in [0, 0.1) is 23.7 Å². The third kappa shape index (κ3) is 11.6. The van der Waals surface area contributed by atoms with Gasteiger partial charge in [0.15, 0.2) is 11.9 Å². The Bertz CT molecular complexity index is 2670. The predicted octanol–water partition coefficient (Wildman–Crippen LogP) is 5.38. The molecule has 4 N–H and O–H groups in total. The monoisotopic (exact) mass is 1110 g/mol. The molecule has 2 aromatic heterocycles. The van der Waals surface area contributed by atoms with Gasteiger partial charge < -0.3 is 63.5 Å². The fourth-order valence-electron chi connectivity index (χ4n) is 12.9. The lowest BCUT2D eigenvalue weighted by atomic mass is 9.76. The Morgan fingerprint density at radius 2 is 1.73 bits per heavy atom. The van der Waals surface area contributed by atoms with E-state index in [2.05, 4.69) is 20.3 Å². The molecule has 8 heterocycles. The second-order valence-electron chi connectivity index (χ2n) is 22.7. The number of anilines is 1. The number of esters is 1. The molecule has 0 unspecified atom stereocenters. The zero-order chi connectivity index (χ0) is 56.7. The zero-order valence-electron chi connectivity index (χ0n) is 47.3. The van der Waals surface area contributed by atoms with Crippen molar-refractivity contribution in [3.8, 4) is 11.1 Å². The van der Waals surface area contributed by atoms with Crippen molar-refractivity contribution in [1.82, 2.24) is 34.8 Å². The highest BCUT2D eigenvalue weighted by molar-refractivity contribution is 5.91. The number of nitrogens with two attached hydrogens (primary N) is 1. The molecule has 4 bridgehead atoms. The van der Waals surface area contributed by atoms with Gasteiger partial charge in [-0.2, -0.15) is 0 Å². The Labute approximate surface area is 461 Å². The number of nitrogen functional groups attached to an aromatic ring is 1. The number of halogens is 1. The van der Waals surface area contributed by atoms with E-state index < -0.39 is 109 Å². The normalized spacial score (nSPS) is 35.9. The number of allylic oxidation sites excluding steroid dienone is 1. The number of cyclic esters (lactones) is 1. The number of fused-ring (bicyclic) bond motifs is 4. The van der Waals surface area contributed by atoms with Crippen molar-refractivity contribution < 1.29 is 66.8 Å². The van der Waals surface area contributed by atoms with Crippen molar-refractivity contribution in [1.29, 1.82) is 0 Å². The summed E-state index contributed by atoms with van der Waals surface area (Å²) in [6.45, 7) is 15.4. The molecule has 18 atom stereocenters. The molecular formula is C56H80FN9O13. The number of ether oxygens (including phenoxy) is 9. The number of carbonyl (C=O) groups excluding carboxylic acids is 2. The fourth-order valence-corrected chi connectivity index (χ4v) is 12.9. The number of nitrogens with zero attached hydrogens (tertiary/aromatic N) is 8. The summed E-state index contributed by atoms with van der Waals surface area (Å²) >= 11 is 0. The van der Waals surface area contributed by atoms with Crippen LogP contribution in [-0.2, 0) is 53.8 Å². The fraction of sp³-hybridized carbons (Fsp3) is 0.696. The number of hydrogen-bond donors (Lipinski definition) is 3. The Kier molecular flexibility index (Phi) is 17.7. The molecule has 6 aliphatic rings. The Morgan fingerprint density at radius 3 is 2.42 bits per heavy atom. The van der Waals surface area contributed by atoms with Gasteiger partial charge >= 0.3 is 12.1 Å². The van der Waals surface area contributed by atoms with E-state index in [4.69, 9.17) is 53.4 Å². The molecule has 9 rings (SSSR count). The number of methoxy groups -OCH3 is 2. The molecular weight excluding hydrogens is 1030 g/mol. The number of hydrogen-bond acceptors (Lipinski definition) is 20. The number of aliphatic hydroxyl groups is 2. The first-order valence-electron chi connectivity index (χ1n) is 27.7. The zero-order valence-corrected chi connectivity index (χ0v) is 47.3. The van der Waals surface area contributed by atoms with Gasteiger partial charge in [0.1, 0.15) is 48.7 Å². The van der Waals surface area contributed by atoms with Crippen molar-refractivity contribution in [3.05, 3.63) is 65.6 Å². The lowest BCUT2D eigenvalue weighted by Gasteiger charge is -2.46. The number of carbonyl (C=O) groups is 2. The Morgan fingerprint density at radius 1 is 1.00 bits per heavy atom. The minimum atomic E-state index is -1.21. The van der Waals surface area contributed by atoms with Crippen molar-refractivity contribution in [2.24, 2.45) is 28.7 Å². The van der Waals surface area contributed by atoms with Gasteiger partial charge in [-0.25, -0.2) is 23.8 Å². The van der Waals surface area contributed by atoms with E-state index in [9.17, 15) is 24.2 Å². The summed E-state index contributed by atoms with van der Waals surface area (Å²) in [5.41, 5.74) is 7.29. The third-order valence-corrected chi connectivity index (χ3v) is 17.5. The van der Waals surface area contributed by atoms with Gasteiger partial charge in [0.2, 0.25) is 12.2 Å². The minimum absolute atomic E-state index is 0.125. The summed E-state index contributed by atoms with van der Waals surface area (Å²) in [5, 5.41) is 32.3. The topological polar surface area (TPSA) is 259 Å². The molecule has 4 fully saturated rings. The average molecular weight is 1110 g/mol. The molecule has 3 aromatic rings. The molecule has 23 heteroatoms. The molecule has 22 nitrogen and oxygen atoms in total. The second kappa shape index (κ2) is 24.0. The second-order valence-corrected chi connectivity index (χ2v) is 22.7. The average Bonchev–Trinajstić information content (AvgIpc) is 4.36. The maximum Gasteiger partial charge on any atom is 0.410 e. The van der Waals surface area contributed by atoms with Crippen LogP contribution in [0.2, 0.25) is 0 Å². The van der Waals surface area contributed by atoms with Crippen LogP contribution in [-0.4, -0.2) is 189 Å². The molecule has 79 heavy (non-hydrogen) atoms. The van der Waals surface area contributed by atoms with Crippen LogP contribution in [0.1, 0.15) is 104 Å². The van der Waals surface area contributed by atoms with Gasteiger partial charge in [-0.15, -0.1) is 5.10 Å². The first-order valence-corrected chi connectivity index (χ1v) is 27.7. The lowest BCUT2D eigenvalue weighted by Crippen LogP contribution is -2.58. The largest absolute Gasteiger partial charge is 0.494 e. The number of alkyl halides is 1. The molecule has 0 aliphatic carbocycles. The van der Waals surface area contributed by atoms with Crippen LogP contribution in [0.15, 0.2) is 59.4 Å². The predicted molar refractivity (Wildman–Crippen MR) is 285 cm³/mol. The van der Waals surface area contributed by atoms with Crippen LogP contribution >= 0.6 is 0 Å². The molecule has 0 radical (unpaired) electrons. The van der Waals surface area contributed by atoms with Crippen LogP contribution in [0.4, 0.5) is 15.1 Å². The van der Waals surface area contributed by atoms with E-state index in [1.165, 1.54) is 18.9 Å². The van der Waals surface area contributed by atoms with Gasteiger partial charge in [-0.05, 0) is 65.6 Å². The van der Waals surface area contributed by atoms with E-state index in [1.54, 1.807) is 44.3 Å². The number of benzene rings is 1. The Balaban J connectivity index is 0.969. The van der Waals surface area contributed by atoms with Gasteiger partial charge in [-0.3, -0.25) is 14.7 Å². The van der Waals surface area contributed by atoms with Gasteiger partial charge in [0.05, 0.1) is 54.7 Å². The van der Waals surface area contributed by atoms with E-state index in [-0.39, 0.29) is 36.9 Å². The van der Waals surface area contributed by atoms with Crippen LogP contribution in [0.3, 0.4) is 0 Å². The quantitative estimate of drug-likeness (QED) is 0.152. The van der Waals surface area contributed by atoms with Crippen LogP contribution < -0.4 is 5.73 Å². The van der Waals surface area contributed by atoms with Crippen LogP contribution in [0.5, 0.6) is 0 Å². The van der Waals surface area contributed by atoms with E-state index in [1.807, 2.05) is 70.8 Å². The van der Waals surface area contributed by atoms with Gasteiger partial charge in [0, 0.05) is 100 Å². The van der Waals surface area contributed by atoms with E-state index >= 15 is 0 Å². The highest BCUT2D eigenvalue weighted by Crippen LogP contribution is 2.46. The molecule has 0 spiro atoms. The number of aliphatic imine (C=N–C) groups is 1. The molecule has 4 saturated heterocycles. The molecule has 0 saturated carbocycles. The third-order valence-electron chi connectivity index (χ3n) is 17.5. The Hall–Kier alpha value is -5.40. The maximum absolute atomic E-state index is 15.0. The molecule has 434 valence electrons. The summed E-state index contributed by atoms with van der Waals surface area (Å²) in [6.07, 6.45) is -1.67. The van der Waals surface area contributed by atoms with E-state index in [0.717, 1.165) is 22.4 Å². The summed E-state index contributed by atoms with van der Waals surface area (Å²) in [6, 6.07) is 5.75. The SMILES string of the molecule is CC[C@H]1OC(=O)[C@H](C)[C@@H](O[C@H]2C[C@@](C)(OC)[C@@H](O)[C@H](C)O2)[C@H](C)C(O[C@@H]2O[C@H](C)C[C@H](N(C)CCc3cn([C@H](CF)[C@H](OC)c4ccc(-c5cnc(N)nc5)cc4)nn3)[C@H]2O)=C2C[C@@H](CO2)C2=NCCN3C(=O)O[C@@]1(C)[C@H]3[C@H]2C. The lowest BCUT2D eigenvalue weighted by molar-refractivity contribution is -0.296. The highest BCUT2D eigenvalue weighted by Gasteiger charge is 2.60. The minimum Gasteiger partial charge on any atom is -0.494 e. The summed E-state index contributed by atoms with van der Waals surface area (Å²) in [7, 11) is 4.97. The molecule has 6 aliphatic heterocycles. The molecule has 1 aromatic carbocycles. The van der Waals surface area contributed by atoms with Crippen LogP contribution in [0.25, 0.3) is 11.1 Å². The van der Waals surface area contributed by atoms with Crippen molar-refractivity contribution in [2.75, 3.05) is 59.9 Å². The summed E-state index contributed by atoms with van der Waals surface area (Å²) in [4.78, 5) is 45.5. The number of aromatic nitrogens is 5.